The molecule has 186 valence electrons. The molecular weight excluding hydrogens is 530 g/mol. The zero-order valence-electron chi connectivity index (χ0n) is 19.5. The van der Waals surface area contributed by atoms with Crippen molar-refractivity contribution < 1.29 is 17.6 Å². The van der Waals surface area contributed by atoms with E-state index in [0.717, 1.165) is 50.2 Å². The Bertz CT molecular complexity index is 1200. The lowest BCUT2D eigenvalue weighted by atomic mass is 10.2. The molecule has 0 bridgehead atoms. The van der Waals surface area contributed by atoms with Gasteiger partial charge in [-0.15, -0.1) is 0 Å². The molecule has 9 heteroatoms. The summed E-state index contributed by atoms with van der Waals surface area (Å²) in [6, 6.07) is 20.0. The van der Waals surface area contributed by atoms with Crippen molar-refractivity contribution in [3.63, 3.8) is 0 Å². The Kier molecular flexibility index (Phi) is 8.78. The first kappa shape index (κ1) is 25.6. The van der Waals surface area contributed by atoms with Crippen LogP contribution in [0, 0.1) is 0 Å². The Labute approximate surface area is 215 Å². The van der Waals surface area contributed by atoms with Gasteiger partial charge in [0.2, 0.25) is 0 Å². The number of amides is 1. The molecule has 2 heterocycles. The van der Waals surface area contributed by atoms with Gasteiger partial charge in [-0.1, -0.05) is 46.3 Å². The molecule has 35 heavy (non-hydrogen) atoms. The molecule has 1 N–H and O–H groups in total. The smallest absolute Gasteiger partial charge is 0.286 e. The molecule has 0 atom stereocenters. The molecule has 3 aromatic rings. The molecule has 7 nitrogen and oxygen atoms in total. The summed E-state index contributed by atoms with van der Waals surface area (Å²) in [6.45, 7) is 6.58. The van der Waals surface area contributed by atoms with Crippen molar-refractivity contribution in [1.82, 2.24) is 15.1 Å². The van der Waals surface area contributed by atoms with Gasteiger partial charge in [0, 0.05) is 43.7 Å². The molecule has 1 aromatic heterocycles. The fraction of sp³-hybridized carbons (Fsp3) is 0.346. The predicted molar refractivity (Wildman–Crippen MR) is 139 cm³/mol. The summed E-state index contributed by atoms with van der Waals surface area (Å²) in [6.07, 6.45) is 0.843. The molecule has 0 saturated carbocycles. The van der Waals surface area contributed by atoms with Crippen molar-refractivity contribution in [2.45, 2.75) is 23.6 Å². The van der Waals surface area contributed by atoms with Crippen molar-refractivity contribution in [2.75, 3.05) is 39.3 Å². The monoisotopic (exact) mass is 559 g/mol. The number of carbonyl (C=O) groups excluding carboxylic acids is 1. The third-order valence-corrected chi connectivity index (χ3v) is 8.22. The number of sulfone groups is 1. The van der Waals surface area contributed by atoms with E-state index in [4.69, 9.17) is 4.42 Å². The van der Waals surface area contributed by atoms with Gasteiger partial charge in [0.15, 0.2) is 15.6 Å². The Balaban J connectivity index is 1.16. The molecule has 1 fully saturated rings. The van der Waals surface area contributed by atoms with Crippen molar-refractivity contribution >= 4 is 31.7 Å². The molecule has 0 unspecified atom stereocenters. The van der Waals surface area contributed by atoms with E-state index in [2.05, 4.69) is 55.3 Å². The second-order valence-corrected chi connectivity index (χ2v) is 11.6. The van der Waals surface area contributed by atoms with Crippen LogP contribution in [0.2, 0.25) is 0 Å². The number of rotatable bonds is 10. The number of piperazine rings is 1. The van der Waals surface area contributed by atoms with Gasteiger partial charge in [-0.2, -0.15) is 0 Å². The van der Waals surface area contributed by atoms with E-state index in [-0.39, 0.29) is 28.1 Å². The molecule has 0 radical (unpaired) electrons. The minimum atomic E-state index is -3.55. The van der Waals surface area contributed by atoms with Crippen LogP contribution in [0.25, 0.3) is 0 Å². The van der Waals surface area contributed by atoms with Crippen molar-refractivity contribution in [2.24, 2.45) is 0 Å². The van der Waals surface area contributed by atoms with Crippen LogP contribution in [0.3, 0.4) is 0 Å². The van der Waals surface area contributed by atoms with Crippen LogP contribution in [0.1, 0.15) is 28.3 Å². The summed E-state index contributed by atoms with van der Waals surface area (Å²) in [5, 5.41) is 2.87. The van der Waals surface area contributed by atoms with Crippen LogP contribution in [-0.2, 0) is 22.1 Å². The van der Waals surface area contributed by atoms with Gasteiger partial charge < -0.3 is 14.6 Å². The quantitative estimate of drug-likeness (QED) is 0.378. The molecule has 1 aliphatic heterocycles. The number of hydrogen-bond donors (Lipinski definition) is 1. The zero-order chi connectivity index (χ0) is 24.7. The Morgan fingerprint density at radius 1 is 0.914 bits per heavy atom. The van der Waals surface area contributed by atoms with Gasteiger partial charge in [-0.3, -0.25) is 9.69 Å². The summed E-state index contributed by atoms with van der Waals surface area (Å²) in [5.41, 5.74) is 1.34. The van der Waals surface area contributed by atoms with Gasteiger partial charge >= 0.3 is 0 Å². The highest BCUT2D eigenvalue weighted by atomic mass is 79.9. The van der Waals surface area contributed by atoms with E-state index in [9.17, 15) is 13.2 Å². The Hall–Kier alpha value is -2.46. The van der Waals surface area contributed by atoms with Crippen LogP contribution >= 0.6 is 15.9 Å². The first-order valence-electron chi connectivity index (χ1n) is 11.7. The van der Waals surface area contributed by atoms with E-state index in [1.54, 1.807) is 30.3 Å². The van der Waals surface area contributed by atoms with E-state index < -0.39 is 9.84 Å². The number of nitrogens with zero attached hydrogens (tertiary/aromatic N) is 2. The van der Waals surface area contributed by atoms with Crippen molar-refractivity contribution in [1.29, 1.82) is 0 Å². The lowest BCUT2D eigenvalue weighted by Crippen LogP contribution is -2.46. The highest BCUT2D eigenvalue weighted by Gasteiger charge is 2.20. The molecule has 4 rings (SSSR count). The van der Waals surface area contributed by atoms with E-state index in [1.165, 1.54) is 11.6 Å². The van der Waals surface area contributed by atoms with Crippen molar-refractivity contribution in [3.8, 4) is 0 Å². The number of benzene rings is 2. The van der Waals surface area contributed by atoms with Gasteiger partial charge in [-0.25, -0.2) is 8.42 Å². The van der Waals surface area contributed by atoms with Gasteiger partial charge in [0.05, 0.1) is 4.90 Å². The van der Waals surface area contributed by atoms with Crippen molar-refractivity contribution in [3.05, 3.63) is 88.3 Å². The summed E-state index contributed by atoms with van der Waals surface area (Å²) in [7, 11) is -3.55. The molecule has 1 amide bonds. The van der Waals surface area contributed by atoms with E-state index in [0.29, 0.717) is 6.54 Å². The van der Waals surface area contributed by atoms with E-state index in [1.807, 2.05) is 6.07 Å². The van der Waals surface area contributed by atoms with Crippen LogP contribution in [0.4, 0.5) is 0 Å². The summed E-state index contributed by atoms with van der Waals surface area (Å²) < 4.78 is 31.5. The minimum absolute atomic E-state index is 0.125. The standard InChI is InChI=1S/C26H30BrN3O4S/c27-22-7-10-24(11-8-22)35(32,33)20-23-9-12-25(34-23)26(31)28-13-4-14-29-15-17-30(18-16-29)19-21-5-2-1-3-6-21/h1-3,5-12H,4,13-20H2,(H,28,31). The fourth-order valence-electron chi connectivity index (χ4n) is 4.09. The number of halogens is 1. The highest BCUT2D eigenvalue weighted by molar-refractivity contribution is 9.10. The molecule has 0 spiro atoms. The van der Waals surface area contributed by atoms with Crippen LogP contribution in [0.5, 0.6) is 0 Å². The third-order valence-electron chi connectivity index (χ3n) is 6.04. The predicted octanol–water partition coefficient (Wildman–Crippen LogP) is 3.95. The highest BCUT2D eigenvalue weighted by Crippen LogP contribution is 2.20. The molecular formula is C26H30BrN3O4S. The van der Waals surface area contributed by atoms with Crippen LogP contribution < -0.4 is 5.32 Å². The topological polar surface area (TPSA) is 82.9 Å². The first-order chi connectivity index (χ1) is 16.9. The number of nitrogens with one attached hydrogen (secondary N) is 1. The fourth-order valence-corrected chi connectivity index (χ4v) is 5.61. The molecule has 1 aliphatic rings. The maximum Gasteiger partial charge on any atom is 0.286 e. The molecule has 2 aromatic carbocycles. The summed E-state index contributed by atoms with van der Waals surface area (Å²) in [5.74, 6) is -0.255. The largest absolute Gasteiger partial charge is 0.455 e. The molecule has 0 aliphatic carbocycles. The number of hydrogen-bond acceptors (Lipinski definition) is 6. The third kappa shape index (κ3) is 7.51. The van der Waals surface area contributed by atoms with Crippen LogP contribution in [-0.4, -0.2) is 63.4 Å². The second-order valence-electron chi connectivity index (χ2n) is 8.69. The lowest BCUT2D eigenvalue weighted by molar-refractivity contribution is 0.0918. The normalized spacial score (nSPS) is 15.2. The van der Waals surface area contributed by atoms with E-state index >= 15 is 0 Å². The van der Waals surface area contributed by atoms with Crippen LogP contribution in [0.15, 0.2) is 80.5 Å². The zero-order valence-corrected chi connectivity index (χ0v) is 21.9. The summed E-state index contributed by atoms with van der Waals surface area (Å²) >= 11 is 3.30. The maximum absolute atomic E-state index is 12.6. The SMILES string of the molecule is O=C(NCCCN1CCN(Cc2ccccc2)CC1)c1ccc(CS(=O)(=O)c2ccc(Br)cc2)o1. The van der Waals surface area contributed by atoms with Gasteiger partial charge in [0.25, 0.3) is 5.91 Å². The maximum atomic E-state index is 12.6. The Morgan fingerprint density at radius 2 is 1.60 bits per heavy atom. The summed E-state index contributed by atoms with van der Waals surface area (Å²) in [4.78, 5) is 17.5. The van der Waals surface area contributed by atoms with Gasteiger partial charge in [0.1, 0.15) is 11.5 Å². The average molecular weight is 561 g/mol. The minimum Gasteiger partial charge on any atom is -0.455 e. The first-order valence-corrected chi connectivity index (χ1v) is 14.2. The lowest BCUT2D eigenvalue weighted by Gasteiger charge is -2.34. The second kappa shape index (κ2) is 12.0. The average Bonchev–Trinajstić information content (AvgIpc) is 3.31. The Morgan fingerprint density at radius 3 is 2.31 bits per heavy atom. The van der Waals surface area contributed by atoms with Gasteiger partial charge in [-0.05, 0) is 54.9 Å². The molecule has 1 saturated heterocycles. The number of furan rings is 1. The number of carbonyl (C=O) groups is 1.